The summed E-state index contributed by atoms with van der Waals surface area (Å²) >= 11 is 0. The first kappa shape index (κ1) is 12.2. The number of rotatable bonds is 4. The first-order chi connectivity index (χ1) is 6.95. The molecule has 0 radical (unpaired) electrons. The molecular formula is C9H14NO4P. The largest absolute Gasteiger partial charge is 0.494 e. The lowest BCUT2D eigenvalue weighted by Crippen LogP contribution is -2.10. The number of ether oxygens (including phenoxy) is 1. The van der Waals surface area contributed by atoms with Crippen LogP contribution in [0.3, 0.4) is 0 Å². The molecule has 0 saturated carbocycles. The van der Waals surface area contributed by atoms with Crippen LogP contribution in [-0.4, -0.2) is 16.4 Å². The van der Waals surface area contributed by atoms with E-state index in [-0.39, 0.29) is 0 Å². The standard InChI is InChI=1S/C9H14NO4P/c1-2-14-8-5-3-7(4-6-8)9(10)15(11,12)13/h3-6,9H,2,10H2,1H3,(H2,11,12,13). The summed E-state index contributed by atoms with van der Waals surface area (Å²) in [5, 5.41) is 0. The fourth-order valence-corrected chi connectivity index (χ4v) is 1.68. The smallest absolute Gasteiger partial charge is 0.346 e. The van der Waals surface area contributed by atoms with Crippen LogP contribution in [0.5, 0.6) is 5.75 Å². The van der Waals surface area contributed by atoms with Gasteiger partial charge in [0.05, 0.1) is 6.61 Å². The topological polar surface area (TPSA) is 92.8 Å². The van der Waals surface area contributed by atoms with Gasteiger partial charge in [0.1, 0.15) is 11.5 Å². The van der Waals surface area contributed by atoms with E-state index in [0.717, 1.165) is 0 Å². The average Bonchev–Trinajstić information content (AvgIpc) is 2.17. The molecule has 1 aromatic rings. The maximum Gasteiger partial charge on any atom is 0.346 e. The Bertz CT molecular complexity index is 359. The van der Waals surface area contributed by atoms with E-state index < -0.39 is 13.4 Å². The molecule has 6 heteroatoms. The van der Waals surface area contributed by atoms with Crippen LogP contribution < -0.4 is 10.5 Å². The Hall–Kier alpha value is -0.870. The molecule has 0 aliphatic heterocycles. The maximum atomic E-state index is 10.9. The fraction of sp³-hybridized carbons (Fsp3) is 0.333. The summed E-state index contributed by atoms with van der Waals surface area (Å²) in [6, 6.07) is 6.37. The SMILES string of the molecule is CCOc1ccc(C(N)P(=O)(O)O)cc1. The molecule has 0 bridgehead atoms. The first-order valence-electron chi connectivity index (χ1n) is 4.48. The van der Waals surface area contributed by atoms with Crippen molar-refractivity contribution in [3.05, 3.63) is 29.8 Å². The van der Waals surface area contributed by atoms with Gasteiger partial charge in [-0.1, -0.05) is 12.1 Å². The van der Waals surface area contributed by atoms with Crippen molar-refractivity contribution in [2.75, 3.05) is 6.61 Å². The Morgan fingerprint density at radius 1 is 1.40 bits per heavy atom. The van der Waals surface area contributed by atoms with Gasteiger partial charge in [-0.3, -0.25) is 4.57 Å². The summed E-state index contributed by atoms with van der Waals surface area (Å²) in [5.74, 6) is -0.618. The summed E-state index contributed by atoms with van der Waals surface area (Å²) in [6.45, 7) is 2.40. The van der Waals surface area contributed by atoms with E-state index in [4.69, 9.17) is 20.3 Å². The molecular weight excluding hydrogens is 217 g/mol. The van der Waals surface area contributed by atoms with Crippen LogP contribution >= 0.6 is 7.60 Å². The van der Waals surface area contributed by atoms with Crippen LogP contribution in [0.15, 0.2) is 24.3 Å². The molecule has 1 rings (SSSR count). The first-order valence-corrected chi connectivity index (χ1v) is 6.17. The summed E-state index contributed by atoms with van der Waals surface area (Å²) in [5.41, 5.74) is 5.79. The van der Waals surface area contributed by atoms with E-state index in [0.29, 0.717) is 17.9 Å². The Kier molecular flexibility index (Phi) is 3.88. The van der Waals surface area contributed by atoms with Gasteiger partial charge in [-0.15, -0.1) is 0 Å². The molecule has 5 nitrogen and oxygen atoms in total. The third-order valence-corrected chi connectivity index (χ3v) is 2.92. The van der Waals surface area contributed by atoms with Gasteiger partial charge in [-0.05, 0) is 24.6 Å². The number of hydrogen-bond donors (Lipinski definition) is 3. The highest BCUT2D eigenvalue weighted by Crippen LogP contribution is 2.48. The van der Waals surface area contributed by atoms with Crippen molar-refractivity contribution in [3.63, 3.8) is 0 Å². The van der Waals surface area contributed by atoms with E-state index in [1.54, 1.807) is 24.3 Å². The summed E-state index contributed by atoms with van der Waals surface area (Å²) in [6.07, 6.45) is 0. The van der Waals surface area contributed by atoms with Crippen LogP contribution in [0.25, 0.3) is 0 Å². The van der Waals surface area contributed by atoms with Gasteiger partial charge < -0.3 is 20.3 Å². The molecule has 0 aromatic heterocycles. The van der Waals surface area contributed by atoms with Crippen LogP contribution in [0.1, 0.15) is 18.3 Å². The zero-order valence-corrected chi connectivity index (χ0v) is 9.22. The minimum Gasteiger partial charge on any atom is -0.494 e. The highest BCUT2D eigenvalue weighted by Gasteiger charge is 2.25. The zero-order chi connectivity index (χ0) is 11.5. The highest BCUT2D eigenvalue weighted by molar-refractivity contribution is 7.52. The van der Waals surface area contributed by atoms with Crippen LogP contribution in [-0.2, 0) is 4.57 Å². The molecule has 0 spiro atoms. The highest BCUT2D eigenvalue weighted by atomic mass is 31.2. The third-order valence-electron chi connectivity index (χ3n) is 1.89. The molecule has 0 aliphatic carbocycles. The molecule has 0 saturated heterocycles. The van der Waals surface area contributed by atoms with Gasteiger partial charge in [0.25, 0.3) is 0 Å². The van der Waals surface area contributed by atoms with E-state index in [1.165, 1.54) is 0 Å². The molecule has 1 aromatic carbocycles. The second kappa shape index (κ2) is 4.77. The van der Waals surface area contributed by atoms with Gasteiger partial charge in [0, 0.05) is 0 Å². The molecule has 84 valence electrons. The summed E-state index contributed by atoms with van der Waals surface area (Å²) < 4.78 is 16.1. The molecule has 4 N–H and O–H groups in total. The fourth-order valence-electron chi connectivity index (χ4n) is 1.12. The quantitative estimate of drug-likeness (QED) is 0.677. The normalized spacial score (nSPS) is 13.6. The van der Waals surface area contributed by atoms with Gasteiger partial charge >= 0.3 is 7.60 Å². The number of nitrogens with two attached hydrogens (primary N) is 1. The predicted molar refractivity (Wildman–Crippen MR) is 56.6 cm³/mol. The van der Waals surface area contributed by atoms with Crippen molar-refractivity contribution in [1.29, 1.82) is 0 Å². The Balaban J connectivity index is 2.84. The Morgan fingerprint density at radius 3 is 2.33 bits per heavy atom. The molecule has 0 amide bonds. The number of hydrogen-bond acceptors (Lipinski definition) is 3. The zero-order valence-electron chi connectivity index (χ0n) is 8.33. The molecule has 0 fully saturated rings. The second-order valence-corrected chi connectivity index (χ2v) is 4.77. The summed E-state index contributed by atoms with van der Waals surface area (Å²) in [4.78, 5) is 17.7. The molecule has 1 unspecified atom stereocenters. The van der Waals surface area contributed by atoms with Crippen LogP contribution in [0.2, 0.25) is 0 Å². The van der Waals surface area contributed by atoms with Crippen LogP contribution in [0, 0.1) is 0 Å². The molecule has 0 aliphatic rings. The average molecular weight is 231 g/mol. The van der Waals surface area contributed by atoms with Gasteiger partial charge in [-0.2, -0.15) is 0 Å². The van der Waals surface area contributed by atoms with Crippen molar-refractivity contribution < 1.29 is 19.1 Å². The van der Waals surface area contributed by atoms with Crippen molar-refractivity contribution in [1.82, 2.24) is 0 Å². The lowest BCUT2D eigenvalue weighted by Gasteiger charge is -2.13. The number of benzene rings is 1. The Morgan fingerprint density at radius 2 is 1.93 bits per heavy atom. The summed E-state index contributed by atoms with van der Waals surface area (Å²) in [7, 11) is -4.27. The van der Waals surface area contributed by atoms with Crippen molar-refractivity contribution in [2.45, 2.75) is 12.7 Å². The molecule has 0 heterocycles. The van der Waals surface area contributed by atoms with E-state index in [1.807, 2.05) is 6.92 Å². The van der Waals surface area contributed by atoms with E-state index in [2.05, 4.69) is 0 Å². The van der Waals surface area contributed by atoms with Gasteiger partial charge in [0.2, 0.25) is 0 Å². The van der Waals surface area contributed by atoms with Crippen molar-refractivity contribution in [3.8, 4) is 5.75 Å². The third kappa shape index (κ3) is 3.32. The van der Waals surface area contributed by atoms with Gasteiger partial charge in [-0.25, -0.2) is 0 Å². The lowest BCUT2D eigenvalue weighted by molar-refractivity contribution is 0.339. The molecule has 1 atom stereocenters. The monoisotopic (exact) mass is 231 g/mol. The molecule has 15 heavy (non-hydrogen) atoms. The van der Waals surface area contributed by atoms with Crippen LogP contribution in [0.4, 0.5) is 0 Å². The van der Waals surface area contributed by atoms with E-state index in [9.17, 15) is 4.57 Å². The van der Waals surface area contributed by atoms with Crippen molar-refractivity contribution >= 4 is 7.60 Å². The van der Waals surface area contributed by atoms with Gasteiger partial charge in [0.15, 0.2) is 0 Å². The minimum absolute atomic E-state index is 0.395. The second-order valence-electron chi connectivity index (χ2n) is 3.04. The van der Waals surface area contributed by atoms with E-state index >= 15 is 0 Å². The Labute approximate surface area is 88.0 Å². The minimum atomic E-state index is -4.27. The maximum absolute atomic E-state index is 10.9. The lowest BCUT2D eigenvalue weighted by atomic mass is 10.2. The van der Waals surface area contributed by atoms with Crippen molar-refractivity contribution in [2.24, 2.45) is 5.73 Å². The predicted octanol–water partition coefficient (Wildman–Crippen LogP) is 1.22.